The highest BCUT2D eigenvalue weighted by Gasteiger charge is 2.30. The molecule has 0 fully saturated rings. The van der Waals surface area contributed by atoms with Gasteiger partial charge in [0, 0.05) is 18.4 Å². The third kappa shape index (κ3) is 4.29. The number of aromatic nitrogens is 1. The van der Waals surface area contributed by atoms with Crippen LogP contribution < -0.4 is 5.32 Å². The molecule has 1 unspecified atom stereocenters. The summed E-state index contributed by atoms with van der Waals surface area (Å²) < 4.78 is 38.3. The standard InChI is InChI=1S/C16H17F3N2/c1-2-21-15(13-6-8-20-9-7-13)11-12-4-3-5-14(10-12)16(17,18)19/h3-10,15,21H,2,11H2,1H3. The first-order valence-electron chi connectivity index (χ1n) is 6.80. The number of rotatable bonds is 5. The van der Waals surface area contributed by atoms with Gasteiger partial charge in [0.05, 0.1) is 5.56 Å². The molecule has 0 radical (unpaired) electrons. The van der Waals surface area contributed by atoms with Crippen LogP contribution in [0.15, 0.2) is 48.8 Å². The average Bonchev–Trinajstić information content (AvgIpc) is 2.47. The lowest BCUT2D eigenvalue weighted by atomic mass is 9.98. The molecule has 0 bridgehead atoms. The van der Waals surface area contributed by atoms with Gasteiger partial charge in [-0.05, 0) is 42.3 Å². The maximum absolute atomic E-state index is 12.8. The van der Waals surface area contributed by atoms with E-state index in [4.69, 9.17) is 0 Å². The Morgan fingerprint density at radius 3 is 2.48 bits per heavy atom. The summed E-state index contributed by atoms with van der Waals surface area (Å²) in [5.74, 6) is 0. The molecular weight excluding hydrogens is 277 g/mol. The van der Waals surface area contributed by atoms with Crippen LogP contribution in [0.3, 0.4) is 0 Å². The van der Waals surface area contributed by atoms with Crippen LogP contribution in [0.2, 0.25) is 0 Å². The molecule has 1 aromatic heterocycles. The largest absolute Gasteiger partial charge is 0.416 e. The van der Waals surface area contributed by atoms with Crippen molar-refractivity contribution in [3.8, 4) is 0 Å². The molecule has 0 spiro atoms. The summed E-state index contributed by atoms with van der Waals surface area (Å²) in [6.07, 6.45) is -0.431. The van der Waals surface area contributed by atoms with E-state index in [0.29, 0.717) is 12.0 Å². The fraction of sp³-hybridized carbons (Fsp3) is 0.312. The number of alkyl halides is 3. The third-order valence-electron chi connectivity index (χ3n) is 3.25. The number of halogens is 3. The molecule has 1 aromatic carbocycles. The van der Waals surface area contributed by atoms with Crippen molar-refractivity contribution in [2.24, 2.45) is 0 Å². The molecule has 0 aliphatic carbocycles. The lowest BCUT2D eigenvalue weighted by molar-refractivity contribution is -0.137. The molecule has 0 amide bonds. The van der Waals surface area contributed by atoms with E-state index in [1.165, 1.54) is 12.1 Å². The van der Waals surface area contributed by atoms with Crippen LogP contribution in [0.1, 0.15) is 29.7 Å². The van der Waals surface area contributed by atoms with Crippen LogP contribution >= 0.6 is 0 Å². The van der Waals surface area contributed by atoms with Crippen molar-refractivity contribution in [1.29, 1.82) is 0 Å². The molecule has 2 rings (SSSR count). The average molecular weight is 294 g/mol. The van der Waals surface area contributed by atoms with Gasteiger partial charge in [0.25, 0.3) is 0 Å². The summed E-state index contributed by atoms with van der Waals surface area (Å²) in [5.41, 5.74) is 1.07. The molecule has 1 N–H and O–H groups in total. The first-order chi connectivity index (χ1) is 10.0. The second-order valence-electron chi connectivity index (χ2n) is 4.79. The summed E-state index contributed by atoms with van der Waals surface area (Å²) in [7, 11) is 0. The minimum atomic E-state index is -4.31. The number of hydrogen-bond donors (Lipinski definition) is 1. The van der Waals surface area contributed by atoms with Gasteiger partial charge in [-0.2, -0.15) is 13.2 Å². The van der Waals surface area contributed by atoms with Crippen molar-refractivity contribution < 1.29 is 13.2 Å². The minimum absolute atomic E-state index is 0.0264. The van der Waals surface area contributed by atoms with Crippen molar-refractivity contribution >= 4 is 0 Å². The third-order valence-corrected chi connectivity index (χ3v) is 3.25. The maximum Gasteiger partial charge on any atom is 0.416 e. The number of hydrogen-bond acceptors (Lipinski definition) is 2. The Labute approximate surface area is 122 Å². The molecular formula is C16H17F3N2. The van der Waals surface area contributed by atoms with E-state index in [1.54, 1.807) is 18.5 Å². The Kier molecular flexibility index (Phi) is 4.96. The first kappa shape index (κ1) is 15.5. The van der Waals surface area contributed by atoms with Gasteiger partial charge in [-0.25, -0.2) is 0 Å². The molecule has 2 nitrogen and oxygen atoms in total. The highest BCUT2D eigenvalue weighted by Crippen LogP contribution is 2.30. The Balaban J connectivity index is 2.21. The zero-order chi connectivity index (χ0) is 15.3. The summed E-state index contributed by atoms with van der Waals surface area (Å²) >= 11 is 0. The predicted molar refractivity (Wildman–Crippen MR) is 75.8 cm³/mol. The van der Waals surface area contributed by atoms with Gasteiger partial charge in [-0.1, -0.05) is 25.1 Å². The van der Waals surface area contributed by atoms with Gasteiger partial charge in [-0.15, -0.1) is 0 Å². The maximum atomic E-state index is 12.8. The van der Waals surface area contributed by atoms with E-state index in [0.717, 1.165) is 18.2 Å². The molecule has 21 heavy (non-hydrogen) atoms. The lowest BCUT2D eigenvalue weighted by Crippen LogP contribution is -2.23. The van der Waals surface area contributed by atoms with Crippen LogP contribution in [0.5, 0.6) is 0 Å². The summed E-state index contributed by atoms with van der Waals surface area (Å²) in [5, 5.41) is 3.30. The molecule has 0 saturated heterocycles. The minimum Gasteiger partial charge on any atom is -0.310 e. The molecule has 5 heteroatoms. The van der Waals surface area contributed by atoms with Crippen molar-refractivity contribution in [2.75, 3.05) is 6.54 Å². The van der Waals surface area contributed by atoms with Crippen LogP contribution in [0.25, 0.3) is 0 Å². The second-order valence-corrected chi connectivity index (χ2v) is 4.79. The zero-order valence-electron chi connectivity index (χ0n) is 11.7. The van der Waals surface area contributed by atoms with E-state index < -0.39 is 11.7 Å². The topological polar surface area (TPSA) is 24.9 Å². The van der Waals surface area contributed by atoms with Gasteiger partial charge in [0.15, 0.2) is 0 Å². The second kappa shape index (κ2) is 6.72. The smallest absolute Gasteiger partial charge is 0.310 e. The van der Waals surface area contributed by atoms with Crippen LogP contribution in [0.4, 0.5) is 13.2 Å². The van der Waals surface area contributed by atoms with Crippen molar-refractivity contribution in [3.05, 3.63) is 65.5 Å². The van der Waals surface area contributed by atoms with E-state index in [9.17, 15) is 13.2 Å². The summed E-state index contributed by atoms with van der Waals surface area (Å²) in [6.45, 7) is 2.71. The zero-order valence-corrected chi connectivity index (χ0v) is 11.7. The Hall–Kier alpha value is -1.88. The number of nitrogens with one attached hydrogen (secondary N) is 1. The van der Waals surface area contributed by atoms with Crippen LogP contribution in [-0.2, 0) is 12.6 Å². The number of pyridine rings is 1. The molecule has 2 aromatic rings. The van der Waals surface area contributed by atoms with Gasteiger partial charge >= 0.3 is 6.18 Å². The fourth-order valence-electron chi connectivity index (χ4n) is 2.26. The van der Waals surface area contributed by atoms with Gasteiger partial charge in [0.2, 0.25) is 0 Å². The van der Waals surface area contributed by atoms with E-state index in [1.807, 2.05) is 19.1 Å². The molecule has 112 valence electrons. The molecule has 0 saturated carbocycles. The van der Waals surface area contributed by atoms with Crippen LogP contribution in [0, 0.1) is 0 Å². The van der Waals surface area contributed by atoms with E-state index in [2.05, 4.69) is 10.3 Å². The molecule has 0 aliphatic heterocycles. The van der Waals surface area contributed by atoms with Crippen molar-refractivity contribution in [2.45, 2.75) is 25.6 Å². The quantitative estimate of drug-likeness (QED) is 0.901. The molecule has 1 atom stereocenters. The molecule has 0 aliphatic rings. The fourth-order valence-corrected chi connectivity index (χ4v) is 2.26. The Morgan fingerprint density at radius 1 is 1.14 bits per heavy atom. The lowest BCUT2D eigenvalue weighted by Gasteiger charge is -2.19. The Bertz CT molecular complexity index is 567. The first-order valence-corrected chi connectivity index (χ1v) is 6.80. The van der Waals surface area contributed by atoms with E-state index >= 15 is 0 Å². The SMILES string of the molecule is CCNC(Cc1cccc(C(F)(F)F)c1)c1ccncc1. The number of nitrogens with zero attached hydrogens (tertiary/aromatic N) is 1. The summed E-state index contributed by atoms with van der Waals surface area (Å²) in [6, 6.07) is 9.21. The number of benzene rings is 1. The van der Waals surface area contributed by atoms with Gasteiger partial charge in [-0.3, -0.25) is 4.98 Å². The highest BCUT2D eigenvalue weighted by molar-refractivity contribution is 5.28. The highest BCUT2D eigenvalue weighted by atomic mass is 19.4. The van der Waals surface area contributed by atoms with Crippen molar-refractivity contribution in [1.82, 2.24) is 10.3 Å². The van der Waals surface area contributed by atoms with Gasteiger partial charge in [0.1, 0.15) is 0 Å². The molecule has 1 heterocycles. The van der Waals surface area contributed by atoms with Crippen LogP contribution in [-0.4, -0.2) is 11.5 Å². The van der Waals surface area contributed by atoms with Crippen molar-refractivity contribution in [3.63, 3.8) is 0 Å². The van der Waals surface area contributed by atoms with E-state index in [-0.39, 0.29) is 6.04 Å². The van der Waals surface area contributed by atoms with Gasteiger partial charge < -0.3 is 5.32 Å². The monoisotopic (exact) mass is 294 g/mol. The predicted octanol–water partition coefficient (Wildman–Crippen LogP) is 3.99. The Morgan fingerprint density at radius 2 is 1.86 bits per heavy atom. The normalized spacial score (nSPS) is 13.1. The summed E-state index contributed by atoms with van der Waals surface area (Å²) in [4.78, 5) is 3.96. The number of likely N-dealkylation sites (N-methyl/N-ethyl adjacent to an activating group) is 1.